The Morgan fingerprint density at radius 3 is 2.47 bits per heavy atom. The number of rotatable bonds is 5. The number of imidazole rings is 1. The smallest absolute Gasteiger partial charge is 0.272 e. The predicted octanol–water partition coefficient (Wildman–Crippen LogP) is 3.92. The van der Waals surface area contributed by atoms with Gasteiger partial charge in [-0.2, -0.15) is 0 Å². The Balaban J connectivity index is 1.67. The number of hydrogen-bond donors (Lipinski definition) is 0. The topological polar surface area (TPSA) is 93.9 Å². The van der Waals surface area contributed by atoms with Crippen LogP contribution in [-0.2, 0) is 9.84 Å². The SMILES string of the molecule is COc1ccc2nc(-c3ccc(C)c(N(Cl)C(=O)c4ccc(S(C)(=O)=O)cc4)c3)cn2n1. The molecule has 0 saturated carbocycles. The van der Waals surface area contributed by atoms with Crippen LogP contribution in [-0.4, -0.2) is 42.3 Å². The number of anilines is 1. The number of carbonyl (C=O) groups is 1. The van der Waals surface area contributed by atoms with Crippen molar-refractivity contribution in [2.24, 2.45) is 0 Å². The molecule has 0 aliphatic heterocycles. The van der Waals surface area contributed by atoms with Crippen molar-refractivity contribution < 1.29 is 17.9 Å². The maximum Gasteiger partial charge on any atom is 0.272 e. The molecule has 0 radical (unpaired) electrons. The number of hydrogen-bond acceptors (Lipinski definition) is 6. The lowest BCUT2D eigenvalue weighted by Gasteiger charge is -2.17. The molecule has 0 fully saturated rings. The molecule has 2 aromatic heterocycles. The second-order valence-electron chi connectivity index (χ2n) is 7.19. The molecule has 0 N–H and O–H groups in total. The molecule has 4 aromatic rings. The monoisotopic (exact) mass is 470 g/mol. The molecule has 0 spiro atoms. The first-order chi connectivity index (χ1) is 15.2. The summed E-state index contributed by atoms with van der Waals surface area (Å²) >= 11 is 6.41. The number of sulfone groups is 1. The first kappa shape index (κ1) is 21.8. The summed E-state index contributed by atoms with van der Waals surface area (Å²) in [7, 11) is -1.82. The van der Waals surface area contributed by atoms with E-state index < -0.39 is 15.7 Å². The molecule has 0 atom stereocenters. The minimum Gasteiger partial charge on any atom is -0.480 e. The highest BCUT2D eigenvalue weighted by Gasteiger charge is 2.20. The van der Waals surface area contributed by atoms with Crippen LogP contribution in [0.25, 0.3) is 16.9 Å². The quantitative estimate of drug-likeness (QED) is 0.410. The maximum atomic E-state index is 12.9. The van der Waals surface area contributed by atoms with Crippen LogP contribution in [0.5, 0.6) is 5.88 Å². The predicted molar refractivity (Wildman–Crippen MR) is 122 cm³/mol. The lowest BCUT2D eigenvalue weighted by atomic mass is 10.1. The summed E-state index contributed by atoms with van der Waals surface area (Å²) in [6.07, 6.45) is 2.87. The Labute approximate surface area is 190 Å². The van der Waals surface area contributed by atoms with Crippen LogP contribution in [0.4, 0.5) is 5.69 Å². The van der Waals surface area contributed by atoms with E-state index in [1.165, 1.54) is 24.3 Å². The number of methoxy groups -OCH3 is 1. The van der Waals surface area contributed by atoms with Gasteiger partial charge in [0.05, 0.1) is 29.6 Å². The number of halogens is 1. The van der Waals surface area contributed by atoms with E-state index in [9.17, 15) is 13.2 Å². The van der Waals surface area contributed by atoms with E-state index >= 15 is 0 Å². The maximum absolute atomic E-state index is 12.9. The highest BCUT2D eigenvalue weighted by Crippen LogP contribution is 2.30. The number of nitrogens with zero attached hydrogens (tertiary/aromatic N) is 4. The summed E-state index contributed by atoms with van der Waals surface area (Å²) in [4.78, 5) is 17.6. The van der Waals surface area contributed by atoms with Gasteiger partial charge in [0.2, 0.25) is 5.88 Å². The van der Waals surface area contributed by atoms with Crippen LogP contribution in [0.15, 0.2) is 65.7 Å². The van der Waals surface area contributed by atoms with Crippen LogP contribution in [0.2, 0.25) is 0 Å². The molecular weight excluding hydrogens is 452 g/mol. The molecule has 0 bridgehead atoms. The van der Waals surface area contributed by atoms with E-state index in [2.05, 4.69) is 10.1 Å². The normalized spacial score (nSPS) is 11.5. The second-order valence-corrected chi connectivity index (χ2v) is 9.54. The van der Waals surface area contributed by atoms with Gasteiger partial charge >= 0.3 is 0 Å². The fraction of sp³-hybridized carbons (Fsp3) is 0.136. The van der Waals surface area contributed by atoms with E-state index in [0.29, 0.717) is 22.9 Å². The van der Waals surface area contributed by atoms with Gasteiger partial charge in [0.25, 0.3) is 5.91 Å². The number of carbonyl (C=O) groups excluding carboxylic acids is 1. The Morgan fingerprint density at radius 1 is 1.09 bits per heavy atom. The second kappa shape index (κ2) is 8.25. The molecule has 0 aliphatic carbocycles. The fourth-order valence-corrected chi connectivity index (χ4v) is 4.07. The fourth-order valence-electron chi connectivity index (χ4n) is 3.16. The Hall–Kier alpha value is -3.43. The van der Waals surface area contributed by atoms with E-state index in [-0.39, 0.29) is 10.5 Å². The lowest BCUT2D eigenvalue weighted by molar-refractivity contribution is 0.101. The van der Waals surface area contributed by atoms with Gasteiger partial charge < -0.3 is 4.74 Å². The molecule has 2 heterocycles. The van der Waals surface area contributed by atoms with Crippen molar-refractivity contribution in [1.82, 2.24) is 14.6 Å². The molecule has 0 saturated heterocycles. The number of benzene rings is 2. The first-order valence-electron chi connectivity index (χ1n) is 9.49. The number of aryl methyl sites for hydroxylation is 1. The van der Waals surface area contributed by atoms with E-state index in [1.54, 1.807) is 36.0 Å². The Kier molecular flexibility index (Phi) is 5.62. The van der Waals surface area contributed by atoms with Crippen molar-refractivity contribution in [3.05, 3.63) is 71.9 Å². The van der Waals surface area contributed by atoms with Crippen LogP contribution in [0.3, 0.4) is 0 Å². The van der Waals surface area contributed by atoms with Crippen LogP contribution in [0, 0.1) is 6.92 Å². The highest BCUT2D eigenvalue weighted by atomic mass is 35.5. The number of ether oxygens (including phenoxy) is 1. The van der Waals surface area contributed by atoms with Crippen molar-refractivity contribution in [3.8, 4) is 17.1 Å². The molecule has 2 aromatic carbocycles. The molecule has 1 amide bonds. The molecule has 164 valence electrons. The van der Waals surface area contributed by atoms with Crippen molar-refractivity contribution in [1.29, 1.82) is 0 Å². The summed E-state index contributed by atoms with van der Waals surface area (Å²) < 4.78 is 31.1. The van der Waals surface area contributed by atoms with Crippen LogP contribution in [0.1, 0.15) is 15.9 Å². The molecule has 10 heteroatoms. The largest absolute Gasteiger partial charge is 0.480 e. The van der Waals surface area contributed by atoms with Gasteiger partial charge in [-0.05, 0) is 48.9 Å². The van der Waals surface area contributed by atoms with Gasteiger partial charge in [0.15, 0.2) is 15.5 Å². The summed E-state index contributed by atoms with van der Waals surface area (Å²) in [5, 5.41) is 4.31. The number of aromatic nitrogens is 3. The van der Waals surface area contributed by atoms with Crippen molar-refractivity contribution in [2.75, 3.05) is 17.8 Å². The molecule has 0 aliphatic rings. The molecular formula is C22H19ClN4O4S. The van der Waals surface area contributed by atoms with Crippen LogP contribution >= 0.6 is 11.8 Å². The van der Waals surface area contributed by atoms with Gasteiger partial charge in [-0.25, -0.2) is 22.3 Å². The highest BCUT2D eigenvalue weighted by molar-refractivity contribution is 7.90. The number of fused-ring (bicyclic) bond motifs is 1. The third-order valence-electron chi connectivity index (χ3n) is 4.93. The van der Waals surface area contributed by atoms with Crippen LogP contribution < -0.4 is 9.16 Å². The van der Waals surface area contributed by atoms with E-state index in [0.717, 1.165) is 21.8 Å². The van der Waals surface area contributed by atoms with Crippen molar-refractivity contribution in [2.45, 2.75) is 11.8 Å². The first-order valence-corrected chi connectivity index (χ1v) is 11.7. The number of amides is 1. The Morgan fingerprint density at radius 2 is 1.81 bits per heavy atom. The van der Waals surface area contributed by atoms with E-state index in [1.807, 2.05) is 19.1 Å². The zero-order valence-electron chi connectivity index (χ0n) is 17.5. The molecule has 4 rings (SSSR count). The average Bonchev–Trinajstić information content (AvgIpc) is 3.21. The third kappa shape index (κ3) is 4.17. The van der Waals surface area contributed by atoms with Gasteiger partial charge in [-0.3, -0.25) is 4.79 Å². The molecule has 8 nitrogen and oxygen atoms in total. The summed E-state index contributed by atoms with van der Waals surface area (Å²) in [5.74, 6) is -0.0150. The van der Waals surface area contributed by atoms with Crippen molar-refractivity contribution >= 4 is 38.9 Å². The zero-order valence-corrected chi connectivity index (χ0v) is 19.1. The van der Waals surface area contributed by atoms with Gasteiger partial charge in [-0.1, -0.05) is 12.1 Å². The summed E-state index contributed by atoms with van der Waals surface area (Å²) in [6, 6.07) is 14.7. The Bertz CT molecular complexity index is 1430. The van der Waals surface area contributed by atoms with E-state index in [4.69, 9.17) is 16.5 Å². The summed E-state index contributed by atoms with van der Waals surface area (Å²) in [6.45, 7) is 1.84. The third-order valence-corrected chi connectivity index (χ3v) is 6.39. The standard InChI is InChI=1S/C22H19ClN4O4S/c1-14-4-5-16(18-13-26-20(24-18)10-11-21(25-26)31-2)12-19(14)27(23)22(28)15-6-8-17(9-7-15)32(3,29)30/h4-13H,1-3H3. The lowest BCUT2D eigenvalue weighted by Crippen LogP contribution is -2.21. The van der Waals surface area contributed by atoms with Crippen molar-refractivity contribution in [3.63, 3.8) is 0 Å². The van der Waals surface area contributed by atoms with Gasteiger partial charge in [0, 0.05) is 35.2 Å². The minimum atomic E-state index is -3.36. The van der Waals surface area contributed by atoms with Gasteiger partial charge in [0.1, 0.15) is 0 Å². The molecule has 0 unspecified atom stereocenters. The average molecular weight is 471 g/mol. The van der Waals surface area contributed by atoms with Gasteiger partial charge in [-0.15, -0.1) is 5.10 Å². The minimum absolute atomic E-state index is 0.130. The summed E-state index contributed by atoms with van der Waals surface area (Å²) in [5.41, 5.74) is 3.59. The molecule has 32 heavy (non-hydrogen) atoms. The zero-order chi connectivity index (χ0) is 23.0.